The number of hydrogen-bond acceptors (Lipinski definition) is 3. The fourth-order valence-electron chi connectivity index (χ4n) is 1.44. The molecule has 4 nitrogen and oxygen atoms in total. The van der Waals surface area contributed by atoms with Crippen LogP contribution < -0.4 is 10.9 Å². The van der Waals surface area contributed by atoms with Crippen LogP contribution in [-0.4, -0.2) is 9.55 Å². The molecule has 0 aliphatic heterocycles. The third-order valence-electron chi connectivity index (χ3n) is 2.32. The number of pyridine rings is 2. The zero-order chi connectivity index (χ0) is 12.4. The molecule has 2 rings (SSSR count). The highest BCUT2D eigenvalue weighted by Crippen LogP contribution is 2.15. The minimum Gasteiger partial charge on any atom is -0.336 e. The van der Waals surface area contributed by atoms with Gasteiger partial charge in [-0.3, -0.25) is 4.79 Å². The van der Waals surface area contributed by atoms with Crippen LogP contribution in [0, 0.1) is 6.92 Å². The van der Waals surface area contributed by atoms with E-state index in [0.29, 0.717) is 11.5 Å². The summed E-state index contributed by atoms with van der Waals surface area (Å²) in [5.41, 5.74) is 1.49. The van der Waals surface area contributed by atoms with Crippen LogP contribution in [0.2, 0.25) is 0 Å². The number of aryl methyl sites for hydroxylation is 2. The first-order chi connectivity index (χ1) is 8.06. The zero-order valence-electron chi connectivity index (χ0n) is 9.57. The van der Waals surface area contributed by atoms with Gasteiger partial charge in [-0.15, -0.1) is 0 Å². The molecule has 0 amide bonds. The summed E-state index contributed by atoms with van der Waals surface area (Å²) in [5.74, 6) is 0.658. The molecule has 0 atom stereocenters. The Labute approximate surface area is 107 Å². The highest BCUT2D eigenvalue weighted by molar-refractivity contribution is 9.10. The number of nitrogens with zero attached hydrogens (tertiary/aromatic N) is 2. The van der Waals surface area contributed by atoms with Gasteiger partial charge in [-0.05, 0) is 40.5 Å². The van der Waals surface area contributed by atoms with Gasteiger partial charge < -0.3 is 9.88 Å². The second-order valence-electron chi connectivity index (χ2n) is 3.83. The van der Waals surface area contributed by atoms with E-state index in [1.54, 1.807) is 25.5 Å². The number of rotatable bonds is 2. The van der Waals surface area contributed by atoms with Crippen LogP contribution in [0.25, 0.3) is 0 Å². The highest BCUT2D eigenvalue weighted by Gasteiger charge is 2.04. The average Bonchev–Trinajstić information content (AvgIpc) is 2.28. The summed E-state index contributed by atoms with van der Waals surface area (Å²) in [4.78, 5) is 16.0. The van der Waals surface area contributed by atoms with Crippen molar-refractivity contribution < 1.29 is 0 Å². The Hall–Kier alpha value is -1.62. The van der Waals surface area contributed by atoms with Crippen molar-refractivity contribution in [3.8, 4) is 0 Å². The Morgan fingerprint density at radius 1 is 1.41 bits per heavy atom. The zero-order valence-corrected chi connectivity index (χ0v) is 11.2. The second kappa shape index (κ2) is 4.71. The Morgan fingerprint density at radius 2 is 2.18 bits per heavy atom. The van der Waals surface area contributed by atoms with E-state index in [0.717, 1.165) is 10.0 Å². The molecular formula is C12H12BrN3O. The molecule has 0 bridgehead atoms. The van der Waals surface area contributed by atoms with Gasteiger partial charge in [-0.2, -0.15) is 0 Å². The van der Waals surface area contributed by atoms with Crippen LogP contribution in [0.15, 0.2) is 39.9 Å². The van der Waals surface area contributed by atoms with Gasteiger partial charge >= 0.3 is 0 Å². The molecule has 2 heterocycles. The summed E-state index contributed by atoms with van der Waals surface area (Å²) in [6.07, 6.45) is 3.47. The minimum atomic E-state index is -0.0874. The van der Waals surface area contributed by atoms with Crippen LogP contribution in [-0.2, 0) is 7.05 Å². The van der Waals surface area contributed by atoms with Crippen LogP contribution >= 0.6 is 15.9 Å². The molecule has 5 heteroatoms. The maximum absolute atomic E-state index is 11.8. The topological polar surface area (TPSA) is 46.9 Å². The molecule has 0 spiro atoms. The monoisotopic (exact) mass is 293 g/mol. The fourth-order valence-corrected chi connectivity index (χ4v) is 1.98. The van der Waals surface area contributed by atoms with Gasteiger partial charge in [0.1, 0.15) is 11.5 Å². The molecule has 0 saturated heterocycles. The van der Waals surface area contributed by atoms with E-state index >= 15 is 0 Å². The number of nitrogens with one attached hydrogen (secondary N) is 1. The molecule has 0 aromatic carbocycles. The van der Waals surface area contributed by atoms with E-state index in [9.17, 15) is 4.79 Å². The normalized spacial score (nSPS) is 10.3. The lowest BCUT2D eigenvalue weighted by molar-refractivity contribution is 0.858. The largest absolute Gasteiger partial charge is 0.336 e. The first-order valence-corrected chi connectivity index (χ1v) is 5.91. The lowest BCUT2D eigenvalue weighted by Gasteiger charge is -2.07. The van der Waals surface area contributed by atoms with Gasteiger partial charge in [0.15, 0.2) is 0 Å². The predicted molar refractivity (Wildman–Crippen MR) is 71.6 cm³/mol. The molecule has 0 unspecified atom stereocenters. The van der Waals surface area contributed by atoms with Gasteiger partial charge in [-0.25, -0.2) is 4.98 Å². The summed E-state index contributed by atoms with van der Waals surface area (Å²) < 4.78 is 2.36. The lowest BCUT2D eigenvalue weighted by atomic mass is 10.3. The molecule has 17 heavy (non-hydrogen) atoms. The van der Waals surface area contributed by atoms with E-state index < -0.39 is 0 Å². The minimum absolute atomic E-state index is 0.0874. The smallest absolute Gasteiger partial charge is 0.274 e. The first-order valence-electron chi connectivity index (χ1n) is 5.12. The lowest BCUT2D eigenvalue weighted by Crippen LogP contribution is -2.19. The van der Waals surface area contributed by atoms with Crippen molar-refractivity contribution in [1.29, 1.82) is 0 Å². The molecule has 0 saturated carbocycles. The fraction of sp³-hybridized carbons (Fsp3) is 0.167. The molecule has 0 aliphatic rings. The van der Waals surface area contributed by atoms with Crippen molar-refractivity contribution in [2.75, 3.05) is 5.32 Å². The quantitative estimate of drug-likeness (QED) is 0.926. The van der Waals surface area contributed by atoms with Gasteiger partial charge in [0, 0.05) is 23.9 Å². The van der Waals surface area contributed by atoms with E-state index in [1.165, 1.54) is 4.57 Å². The maximum Gasteiger partial charge on any atom is 0.274 e. The Balaban J connectivity index is 2.36. The molecule has 1 N–H and O–H groups in total. The second-order valence-corrected chi connectivity index (χ2v) is 4.75. The van der Waals surface area contributed by atoms with Crippen molar-refractivity contribution in [2.45, 2.75) is 6.92 Å². The molecule has 0 radical (unpaired) electrons. The Kier molecular flexibility index (Phi) is 3.28. The van der Waals surface area contributed by atoms with Gasteiger partial charge in [0.05, 0.1) is 0 Å². The van der Waals surface area contributed by atoms with E-state index in [-0.39, 0.29) is 5.56 Å². The van der Waals surface area contributed by atoms with Crippen molar-refractivity contribution in [3.63, 3.8) is 0 Å². The maximum atomic E-state index is 11.8. The Morgan fingerprint density at radius 3 is 2.82 bits per heavy atom. The molecule has 0 fully saturated rings. The van der Waals surface area contributed by atoms with Gasteiger partial charge in [0.25, 0.3) is 5.56 Å². The summed E-state index contributed by atoms with van der Waals surface area (Å²) in [7, 11) is 1.71. The molecule has 88 valence electrons. The summed E-state index contributed by atoms with van der Waals surface area (Å²) in [5, 5.41) is 3.01. The van der Waals surface area contributed by atoms with Gasteiger partial charge in [0.2, 0.25) is 0 Å². The molecular weight excluding hydrogens is 282 g/mol. The van der Waals surface area contributed by atoms with Crippen molar-refractivity contribution >= 4 is 27.4 Å². The van der Waals surface area contributed by atoms with E-state index in [4.69, 9.17) is 0 Å². The first kappa shape index (κ1) is 11.9. The molecule has 0 aliphatic carbocycles. The SMILES string of the molecule is Cc1ccc(Nc2cc(Br)cn(C)c2=O)nc1. The Bertz CT molecular complexity index is 590. The number of hydrogen-bond donors (Lipinski definition) is 1. The summed E-state index contributed by atoms with van der Waals surface area (Å²) in [6.45, 7) is 1.97. The third-order valence-corrected chi connectivity index (χ3v) is 2.76. The van der Waals surface area contributed by atoms with Crippen LogP contribution in [0.4, 0.5) is 11.5 Å². The third kappa shape index (κ3) is 2.74. The standard InChI is InChI=1S/C12H12BrN3O/c1-8-3-4-11(14-6-8)15-10-5-9(13)7-16(2)12(10)17/h3-7H,1-2H3,(H,14,15). The summed E-state index contributed by atoms with van der Waals surface area (Å²) >= 11 is 3.35. The van der Waals surface area contributed by atoms with Crippen LogP contribution in [0.3, 0.4) is 0 Å². The number of anilines is 2. The van der Waals surface area contributed by atoms with Crippen molar-refractivity contribution in [2.24, 2.45) is 7.05 Å². The van der Waals surface area contributed by atoms with E-state index in [1.807, 2.05) is 19.1 Å². The number of halogens is 1. The average molecular weight is 294 g/mol. The predicted octanol–water partition coefficient (Wildman–Crippen LogP) is 2.59. The summed E-state index contributed by atoms with van der Waals surface area (Å²) in [6, 6.07) is 5.53. The van der Waals surface area contributed by atoms with Gasteiger partial charge in [-0.1, -0.05) is 6.07 Å². The number of aromatic nitrogens is 2. The molecule has 2 aromatic rings. The van der Waals surface area contributed by atoms with Crippen LogP contribution in [0.5, 0.6) is 0 Å². The van der Waals surface area contributed by atoms with Crippen LogP contribution in [0.1, 0.15) is 5.56 Å². The van der Waals surface area contributed by atoms with Crippen molar-refractivity contribution in [1.82, 2.24) is 9.55 Å². The molecule has 2 aromatic heterocycles. The van der Waals surface area contributed by atoms with Crippen molar-refractivity contribution in [3.05, 3.63) is 51.0 Å². The van der Waals surface area contributed by atoms with E-state index in [2.05, 4.69) is 26.2 Å². The highest BCUT2D eigenvalue weighted by atomic mass is 79.9.